The Morgan fingerprint density at radius 1 is 1.03 bits per heavy atom. The third-order valence-corrected chi connectivity index (χ3v) is 5.27. The first kappa shape index (κ1) is 24.2. The fourth-order valence-electron chi connectivity index (χ4n) is 3.60. The number of nitrogen functional groups attached to an aromatic ring is 1. The van der Waals surface area contributed by atoms with Gasteiger partial charge in [0.25, 0.3) is 0 Å². The van der Waals surface area contributed by atoms with E-state index < -0.39 is 17.8 Å². The van der Waals surface area contributed by atoms with Crippen molar-refractivity contribution in [3.05, 3.63) is 66.0 Å². The molecule has 0 spiro atoms. The molecule has 1 fully saturated rings. The maximum atomic E-state index is 13.7. The lowest BCUT2D eigenvalue weighted by Crippen LogP contribution is -2.43. The first-order valence-electron chi connectivity index (χ1n) is 10.8. The molecule has 4 rings (SSSR count). The minimum absolute atomic E-state index is 0.0418. The smallest absolute Gasteiger partial charge is 0.416 e. The topological polar surface area (TPSA) is 117 Å². The highest BCUT2D eigenvalue weighted by Gasteiger charge is 2.34. The third kappa shape index (κ3) is 6.80. The number of nitrogens with zero attached hydrogens (tertiary/aromatic N) is 3. The molecule has 0 atom stereocenters. The number of urea groups is 1. The lowest BCUT2D eigenvalue weighted by molar-refractivity contribution is -0.138. The second kappa shape index (κ2) is 10.6. The molecule has 2 aromatic carbocycles. The second-order valence-corrected chi connectivity index (χ2v) is 7.88. The van der Waals surface area contributed by atoms with Crippen molar-refractivity contribution in [1.29, 1.82) is 0 Å². The van der Waals surface area contributed by atoms with Gasteiger partial charge in [-0.15, -0.1) is 0 Å². The molecule has 1 saturated heterocycles. The summed E-state index contributed by atoms with van der Waals surface area (Å²) in [6, 6.07) is 11.0. The normalized spacial score (nSPS) is 14.4. The molecule has 5 N–H and O–H groups in total. The molecular formula is C23H24F3N7O2. The van der Waals surface area contributed by atoms with E-state index in [-0.39, 0.29) is 29.5 Å². The van der Waals surface area contributed by atoms with E-state index in [4.69, 9.17) is 10.5 Å². The fraction of sp³-hybridized carbons (Fsp3) is 0.261. The van der Waals surface area contributed by atoms with Crippen molar-refractivity contribution in [2.75, 3.05) is 42.5 Å². The number of anilines is 3. The predicted molar refractivity (Wildman–Crippen MR) is 125 cm³/mol. The van der Waals surface area contributed by atoms with Crippen LogP contribution in [0.15, 0.2) is 54.9 Å². The van der Waals surface area contributed by atoms with Crippen LogP contribution in [0.25, 0.3) is 0 Å². The lowest BCUT2D eigenvalue weighted by Gasteiger charge is -2.28. The number of benzene rings is 2. The zero-order valence-electron chi connectivity index (χ0n) is 18.6. The number of halogens is 3. The maximum Gasteiger partial charge on any atom is 0.416 e. The Balaban J connectivity index is 1.39. The van der Waals surface area contributed by atoms with Gasteiger partial charge in [-0.2, -0.15) is 13.2 Å². The standard InChI is InChI=1S/C23H24F3N7O2/c24-23(25,26)19-11-17(2-1-15(19)13-33-9-7-28-8-10-33)32-22(34)31-16-3-5-18(6-4-16)35-21-12-20(27)29-14-30-21/h1-6,11-12,14,28H,7-10,13H2,(H2,27,29,30)(H2,31,32,34). The summed E-state index contributed by atoms with van der Waals surface area (Å²) in [6.07, 6.45) is -3.27. The van der Waals surface area contributed by atoms with E-state index in [0.29, 0.717) is 24.5 Å². The van der Waals surface area contributed by atoms with Gasteiger partial charge in [0.05, 0.1) is 5.56 Å². The van der Waals surface area contributed by atoms with Gasteiger partial charge < -0.3 is 26.4 Å². The summed E-state index contributed by atoms with van der Waals surface area (Å²) >= 11 is 0. The minimum Gasteiger partial charge on any atom is -0.439 e. The maximum absolute atomic E-state index is 13.7. The molecule has 2 heterocycles. The van der Waals surface area contributed by atoms with Gasteiger partial charge >= 0.3 is 12.2 Å². The summed E-state index contributed by atoms with van der Waals surface area (Å²) in [5.41, 5.74) is 5.46. The van der Waals surface area contributed by atoms with Crippen molar-refractivity contribution in [2.45, 2.75) is 12.7 Å². The molecule has 0 bridgehead atoms. The number of amides is 2. The van der Waals surface area contributed by atoms with Crippen LogP contribution in [0, 0.1) is 0 Å². The second-order valence-electron chi connectivity index (χ2n) is 7.88. The fourth-order valence-corrected chi connectivity index (χ4v) is 3.60. The molecule has 0 aliphatic carbocycles. The van der Waals surface area contributed by atoms with Crippen LogP contribution in [0.2, 0.25) is 0 Å². The van der Waals surface area contributed by atoms with Crippen molar-refractivity contribution in [1.82, 2.24) is 20.2 Å². The van der Waals surface area contributed by atoms with Crippen LogP contribution >= 0.6 is 0 Å². The summed E-state index contributed by atoms with van der Waals surface area (Å²) in [6.45, 7) is 3.03. The van der Waals surface area contributed by atoms with Crippen molar-refractivity contribution in [2.24, 2.45) is 0 Å². The molecule has 2 amide bonds. The molecule has 1 aliphatic heterocycles. The minimum atomic E-state index is -4.54. The summed E-state index contributed by atoms with van der Waals surface area (Å²) in [4.78, 5) is 22.1. The Kier molecular flexibility index (Phi) is 7.32. The first-order valence-corrected chi connectivity index (χ1v) is 10.8. The molecular weight excluding hydrogens is 463 g/mol. The highest BCUT2D eigenvalue weighted by molar-refractivity contribution is 5.99. The lowest BCUT2D eigenvalue weighted by atomic mass is 10.0. The van der Waals surface area contributed by atoms with E-state index in [9.17, 15) is 18.0 Å². The Labute approximate surface area is 199 Å². The van der Waals surface area contributed by atoms with Crippen molar-refractivity contribution in [3.8, 4) is 11.6 Å². The van der Waals surface area contributed by atoms with Crippen molar-refractivity contribution >= 4 is 23.2 Å². The van der Waals surface area contributed by atoms with Crippen molar-refractivity contribution < 1.29 is 22.7 Å². The van der Waals surface area contributed by atoms with Gasteiger partial charge in [0.1, 0.15) is 17.9 Å². The molecule has 12 heteroatoms. The summed E-state index contributed by atoms with van der Waals surface area (Å²) < 4.78 is 46.6. The molecule has 9 nitrogen and oxygen atoms in total. The number of nitrogens with one attached hydrogen (secondary N) is 3. The van der Waals surface area contributed by atoms with Gasteiger partial charge in [-0.1, -0.05) is 6.07 Å². The van der Waals surface area contributed by atoms with Crippen molar-refractivity contribution in [3.63, 3.8) is 0 Å². The van der Waals surface area contributed by atoms with Gasteiger partial charge in [-0.05, 0) is 42.0 Å². The number of alkyl halides is 3. The number of hydrogen-bond donors (Lipinski definition) is 4. The van der Waals surface area contributed by atoms with E-state index in [0.717, 1.165) is 19.2 Å². The van der Waals surface area contributed by atoms with Crippen LogP contribution in [0.1, 0.15) is 11.1 Å². The quantitative estimate of drug-likeness (QED) is 0.416. The van der Waals surface area contributed by atoms with Crippen LogP contribution < -0.4 is 26.4 Å². The summed E-state index contributed by atoms with van der Waals surface area (Å²) in [7, 11) is 0. The molecule has 35 heavy (non-hydrogen) atoms. The molecule has 0 radical (unpaired) electrons. The molecule has 184 valence electrons. The summed E-state index contributed by atoms with van der Waals surface area (Å²) in [5, 5.41) is 8.22. The Bertz CT molecular complexity index is 1170. The number of piperazine rings is 1. The monoisotopic (exact) mass is 487 g/mol. The average molecular weight is 487 g/mol. The number of ether oxygens (including phenoxy) is 1. The SMILES string of the molecule is Nc1cc(Oc2ccc(NC(=O)Nc3ccc(CN4CCNCC4)c(C(F)(F)F)c3)cc2)ncn1. The van der Waals surface area contributed by atoms with Crippen LogP contribution in [0.5, 0.6) is 11.6 Å². The molecule has 1 aromatic heterocycles. The van der Waals surface area contributed by atoms with E-state index >= 15 is 0 Å². The highest BCUT2D eigenvalue weighted by Crippen LogP contribution is 2.34. The molecule has 1 aliphatic rings. The average Bonchev–Trinajstić information content (AvgIpc) is 2.81. The largest absolute Gasteiger partial charge is 0.439 e. The Morgan fingerprint density at radius 3 is 2.40 bits per heavy atom. The predicted octanol–water partition coefficient (Wildman–Crippen LogP) is 3.92. The number of carbonyl (C=O) groups is 1. The number of rotatable bonds is 6. The van der Waals surface area contributed by atoms with Gasteiger partial charge in [0.15, 0.2) is 0 Å². The van der Waals surface area contributed by atoms with Crippen LogP contribution in [0.3, 0.4) is 0 Å². The van der Waals surface area contributed by atoms with Crippen LogP contribution in [0.4, 0.5) is 35.2 Å². The number of carbonyl (C=O) groups excluding carboxylic acids is 1. The number of nitrogens with two attached hydrogens (primary N) is 1. The number of aromatic nitrogens is 2. The highest BCUT2D eigenvalue weighted by atomic mass is 19.4. The van der Waals surface area contributed by atoms with Gasteiger partial charge in [-0.25, -0.2) is 14.8 Å². The summed E-state index contributed by atoms with van der Waals surface area (Å²) in [5.74, 6) is 0.969. The number of hydrogen-bond acceptors (Lipinski definition) is 7. The molecule has 0 saturated carbocycles. The zero-order valence-corrected chi connectivity index (χ0v) is 18.6. The van der Waals surface area contributed by atoms with E-state index in [1.165, 1.54) is 24.5 Å². The van der Waals surface area contributed by atoms with E-state index in [1.807, 2.05) is 4.90 Å². The van der Waals surface area contributed by atoms with Gasteiger partial charge in [0.2, 0.25) is 5.88 Å². The van der Waals surface area contributed by atoms with Gasteiger partial charge in [-0.3, -0.25) is 4.90 Å². The first-order chi connectivity index (χ1) is 16.8. The Hall–Kier alpha value is -3.90. The Morgan fingerprint density at radius 2 is 1.71 bits per heavy atom. The van der Waals surface area contributed by atoms with Crippen LogP contribution in [-0.2, 0) is 12.7 Å². The van der Waals surface area contributed by atoms with Gasteiger partial charge in [0, 0.05) is 50.2 Å². The molecule has 3 aromatic rings. The molecule has 0 unspecified atom stereocenters. The third-order valence-electron chi connectivity index (χ3n) is 5.27. The van der Waals surface area contributed by atoms with Crippen LogP contribution in [-0.4, -0.2) is 47.1 Å². The zero-order chi connectivity index (χ0) is 24.8. The van der Waals surface area contributed by atoms with E-state index in [1.54, 1.807) is 24.3 Å². The van der Waals surface area contributed by atoms with E-state index in [2.05, 4.69) is 25.9 Å².